The highest BCUT2D eigenvalue weighted by Gasteiger charge is 2.26. The maximum Gasteiger partial charge on any atom is 0.338 e. The molecule has 0 aliphatic heterocycles. The quantitative estimate of drug-likeness (QED) is 0.173. The highest BCUT2D eigenvalue weighted by Crippen LogP contribution is 2.24. The van der Waals surface area contributed by atoms with Gasteiger partial charge in [-0.15, -0.1) is 0 Å². The van der Waals surface area contributed by atoms with Crippen molar-refractivity contribution in [2.24, 2.45) is 10.8 Å². The zero-order chi connectivity index (χ0) is 30.6. The summed E-state index contributed by atoms with van der Waals surface area (Å²) in [7, 11) is -7.97. The lowest BCUT2D eigenvalue weighted by atomic mass is 9.91. The molecule has 0 bridgehead atoms. The predicted octanol–water partition coefficient (Wildman–Crippen LogP) is 4.62. The maximum absolute atomic E-state index is 12.3. The van der Waals surface area contributed by atoms with Crippen molar-refractivity contribution >= 4 is 32.2 Å². The lowest BCUT2D eigenvalue weighted by Gasteiger charge is -2.24. The van der Waals surface area contributed by atoms with Crippen molar-refractivity contribution in [3.63, 3.8) is 0 Å². The van der Waals surface area contributed by atoms with Crippen LogP contribution >= 0.6 is 0 Å². The van der Waals surface area contributed by atoms with Crippen molar-refractivity contribution < 1.29 is 44.3 Å². The smallest absolute Gasteiger partial charge is 0.338 e. The van der Waals surface area contributed by atoms with Gasteiger partial charge in [0.05, 0.1) is 49.1 Å². The van der Waals surface area contributed by atoms with E-state index in [0.717, 1.165) is 0 Å². The Morgan fingerprint density at radius 1 is 0.610 bits per heavy atom. The summed E-state index contributed by atoms with van der Waals surface area (Å²) in [6.07, 6.45) is 0.532. The summed E-state index contributed by atoms with van der Waals surface area (Å²) in [6, 6.07) is 17.1. The van der Waals surface area contributed by atoms with Crippen LogP contribution in [0.1, 0.15) is 67.7 Å². The van der Waals surface area contributed by atoms with Gasteiger partial charge in [0.2, 0.25) is 0 Å². The van der Waals surface area contributed by atoms with E-state index in [2.05, 4.69) is 0 Å². The molecular weight excluding hydrogens is 572 g/mol. The molecule has 0 radical (unpaired) electrons. The van der Waals surface area contributed by atoms with E-state index in [4.69, 9.17) is 17.8 Å². The second-order valence-corrected chi connectivity index (χ2v) is 14.8. The third kappa shape index (κ3) is 14.1. The lowest BCUT2D eigenvalue weighted by molar-refractivity contribution is 0.0420. The monoisotopic (exact) mass is 612 g/mol. The van der Waals surface area contributed by atoms with Crippen LogP contribution in [0.5, 0.6) is 0 Å². The van der Waals surface area contributed by atoms with Crippen LogP contribution in [0.2, 0.25) is 0 Å². The standard InChI is InChI=1S/C29H40O10S2/c1-28(2,16-18-36-26(30)24-12-7-5-8-13-24)22-38-40(32,33)20-11-21-41(34,35)39-23-29(3,4)17-19-37-27(31)25-14-9-6-10-15-25/h5-10,12-15H,11,16-23H2,1-4H3. The van der Waals surface area contributed by atoms with Gasteiger partial charge in [-0.05, 0) is 54.4 Å². The molecule has 0 N–H and O–H groups in total. The van der Waals surface area contributed by atoms with Gasteiger partial charge in [-0.3, -0.25) is 8.37 Å². The fourth-order valence-electron chi connectivity index (χ4n) is 3.33. The van der Waals surface area contributed by atoms with Crippen LogP contribution in [0.15, 0.2) is 60.7 Å². The van der Waals surface area contributed by atoms with Crippen molar-refractivity contribution in [2.75, 3.05) is 37.9 Å². The topological polar surface area (TPSA) is 139 Å². The molecular formula is C29H40O10S2. The first-order valence-electron chi connectivity index (χ1n) is 13.3. The molecule has 2 aromatic rings. The summed E-state index contributed by atoms with van der Waals surface area (Å²) in [5, 5.41) is 0. The second kappa shape index (κ2) is 15.4. The molecule has 41 heavy (non-hydrogen) atoms. The third-order valence-electron chi connectivity index (χ3n) is 6.09. The first kappa shape index (κ1) is 34.4. The Hall–Kier alpha value is -2.80. The summed E-state index contributed by atoms with van der Waals surface area (Å²) >= 11 is 0. The van der Waals surface area contributed by atoms with E-state index < -0.39 is 54.5 Å². The number of hydrogen-bond acceptors (Lipinski definition) is 10. The molecule has 228 valence electrons. The fourth-order valence-corrected chi connectivity index (χ4v) is 5.74. The number of ether oxygens (including phenoxy) is 2. The van der Waals surface area contributed by atoms with Gasteiger partial charge in [-0.2, -0.15) is 16.8 Å². The van der Waals surface area contributed by atoms with Gasteiger partial charge in [-0.25, -0.2) is 9.59 Å². The summed E-state index contributed by atoms with van der Waals surface area (Å²) in [6.45, 7) is 7.00. The zero-order valence-electron chi connectivity index (χ0n) is 24.0. The van der Waals surface area contributed by atoms with Gasteiger partial charge >= 0.3 is 11.9 Å². The highest BCUT2D eigenvalue weighted by atomic mass is 32.2. The van der Waals surface area contributed by atoms with Crippen LogP contribution in [0.3, 0.4) is 0 Å². The predicted molar refractivity (Wildman–Crippen MR) is 154 cm³/mol. The van der Waals surface area contributed by atoms with Gasteiger partial charge < -0.3 is 9.47 Å². The van der Waals surface area contributed by atoms with E-state index in [1.807, 2.05) is 0 Å². The minimum absolute atomic E-state index is 0.0888. The normalized spacial score (nSPS) is 12.6. The van der Waals surface area contributed by atoms with E-state index in [9.17, 15) is 26.4 Å². The van der Waals surface area contributed by atoms with Gasteiger partial charge in [0.25, 0.3) is 20.2 Å². The van der Waals surface area contributed by atoms with Crippen molar-refractivity contribution in [1.29, 1.82) is 0 Å². The molecule has 0 heterocycles. The fraction of sp³-hybridized carbons (Fsp3) is 0.517. The Morgan fingerprint density at radius 2 is 0.951 bits per heavy atom. The molecule has 0 amide bonds. The molecule has 0 fully saturated rings. The molecule has 2 aromatic carbocycles. The molecule has 12 heteroatoms. The largest absolute Gasteiger partial charge is 0.462 e. The van der Waals surface area contributed by atoms with Crippen LogP contribution in [0.25, 0.3) is 0 Å². The zero-order valence-corrected chi connectivity index (χ0v) is 25.7. The Balaban J connectivity index is 1.67. The lowest BCUT2D eigenvalue weighted by Crippen LogP contribution is -2.27. The van der Waals surface area contributed by atoms with Crippen molar-refractivity contribution in [1.82, 2.24) is 0 Å². The molecule has 0 unspecified atom stereocenters. The number of carbonyl (C=O) groups excluding carboxylic acids is 2. The van der Waals surface area contributed by atoms with Crippen molar-refractivity contribution in [2.45, 2.75) is 47.0 Å². The Labute approximate surface area is 243 Å². The average molecular weight is 613 g/mol. The Bertz CT molecular complexity index is 1220. The molecule has 10 nitrogen and oxygen atoms in total. The number of carbonyl (C=O) groups is 2. The summed E-state index contributed by atoms with van der Waals surface area (Å²) in [4.78, 5) is 24.1. The third-order valence-corrected chi connectivity index (χ3v) is 8.62. The van der Waals surface area contributed by atoms with Gasteiger partial charge in [0.1, 0.15) is 0 Å². The van der Waals surface area contributed by atoms with Crippen LogP contribution in [-0.4, -0.2) is 66.7 Å². The highest BCUT2D eigenvalue weighted by molar-refractivity contribution is 7.87. The first-order chi connectivity index (χ1) is 19.1. The van der Waals surface area contributed by atoms with Crippen LogP contribution in [0, 0.1) is 10.8 Å². The Kier molecular flexibility index (Phi) is 13.0. The molecule has 0 aromatic heterocycles. The van der Waals surface area contributed by atoms with E-state index in [1.165, 1.54) is 0 Å². The van der Waals surface area contributed by atoms with Gasteiger partial charge in [0, 0.05) is 0 Å². The summed E-state index contributed by atoms with van der Waals surface area (Å²) in [5.41, 5.74) is -0.368. The summed E-state index contributed by atoms with van der Waals surface area (Å²) < 4.78 is 70.1. The average Bonchev–Trinajstić information content (AvgIpc) is 2.92. The molecule has 0 saturated heterocycles. The minimum Gasteiger partial charge on any atom is -0.462 e. The van der Waals surface area contributed by atoms with Crippen molar-refractivity contribution in [3.8, 4) is 0 Å². The molecule has 0 aliphatic carbocycles. The van der Waals surface area contributed by atoms with Crippen molar-refractivity contribution in [3.05, 3.63) is 71.8 Å². The molecule has 2 rings (SSSR count). The van der Waals surface area contributed by atoms with Crippen LogP contribution in [0.4, 0.5) is 0 Å². The summed E-state index contributed by atoms with van der Waals surface area (Å²) in [5.74, 6) is -1.91. The van der Waals surface area contributed by atoms with Gasteiger partial charge in [-0.1, -0.05) is 64.1 Å². The first-order valence-corrected chi connectivity index (χ1v) is 16.4. The maximum atomic E-state index is 12.3. The molecule has 0 atom stereocenters. The van der Waals surface area contributed by atoms with Crippen LogP contribution < -0.4 is 0 Å². The number of esters is 2. The van der Waals surface area contributed by atoms with Gasteiger partial charge in [0.15, 0.2) is 0 Å². The number of benzene rings is 2. The van der Waals surface area contributed by atoms with E-state index >= 15 is 0 Å². The van der Waals surface area contributed by atoms with E-state index in [0.29, 0.717) is 24.0 Å². The second-order valence-electron chi connectivity index (χ2n) is 11.2. The van der Waals surface area contributed by atoms with Crippen LogP contribution in [-0.2, 0) is 38.1 Å². The number of rotatable bonds is 18. The molecule has 0 aliphatic rings. The minimum atomic E-state index is -3.98. The molecule has 0 saturated carbocycles. The van der Waals surface area contributed by atoms with E-state index in [-0.39, 0.29) is 32.8 Å². The number of hydrogen-bond donors (Lipinski definition) is 0. The SMILES string of the molecule is CC(C)(CCOC(=O)c1ccccc1)COS(=O)(=O)CCCS(=O)(=O)OCC(C)(C)CCOC(=O)c1ccccc1. The Morgan fingerprint density at radius 3 is 1.29 bits per heavy atom. The molecule has 0 spiro atoms. The van der Waals surface area contributed by atoms with E-state index in [1.54, 1.807) is 88.4 Å².